The second-order valence-corrected chi connectivity index (χ2v) is 6.70. The molecular formula is C20H21ClN2O5. The summed E-state index contributed by atoms with van der Waals surface area (Å²) in [6, 6.07) is 9.74. The molecule has 1 atom stereocenters. The fourth-order valence-electron chi connectivity index (χ4n) is 3.17. The highest BCUT2D eigenvalue weighted by molar-refractivity contribution is 6.31. The molecule has 0 aliphatic carbocycles. The molecule has 8 heteroatoms. The highest BCUT2D eigenvalue weighted by atomic mass is 35.5. The molecule has 1 unspecified atom stereocenters. The highest BCUT2D eigenvalue weighted by Gasteiger charge is 2.32. The van der Waals surface area contributed by atoms with Gasteiger partial charge in [-0.15, -0.1) is 0 Å². The molecule has 0 aromatic heterocycles. The van der Waals surface area contributed by atoms with Crippen molar-refractivity contribution >= 4 is 29.1 Å². The molecule has 1 aliphatic heterocycles. The van der Waals surface area contributed by atoms with Crippen LogP contribution in [0.1, 0.15) is 16.8 Å². The maximum absolute atomic E-state index is 12.7. The number of carbonyl (C=O) groups excluding carboxylic acids is 2. The Hall–Kier alpha value is -2.93. The van der Waals surface area contributed by atoms with Gasteiger partial charge < -0.3 is 24.4 Å². The third-order valence-corrected chi connectivity index (χ3v) is 4.78. The van der Waals surface area contributed by atoms with Crippen LogP contribution in [0.2, 0.25) is 5.02 Å². The first-order valence-corrected chi connectivity index (χ1v) is 9.01. The first kappa shape index (κ1) is 19.8. The average Bonchev–Trinajstić information content (AvgIpc) is 3.07. The number of hydrogen-bond donors (Lipinski definition) is 1. The Morgan fingerprint density at radius 3 is 2.39 bits per heavy atom. The van der Waals surface area contributed by atoms with Crippen LogP contribution in [0, 0.1) is 0 Å². The van der Waals surface area contributed by atoms with Crippen LogP contribution in [0.5, 0.6) is 17.2 Å². The summed E-state index contributed by atoms with van der Waals surface area (Å²) >= 11 is 5.99. The fourth-order valence-corrected chi connectivity index (χ4v) is 3.34. The second-order valence-electron chi connectivity index (χ2n) is 6.26. The Morgan fingerprint density at radius 2 is 1.71 bits per heavy atom. The number of benzene rings is 2. The summed E-state index contributed by atoms with van der Waals surface area (Å²) in [6.07, 6.45) is 0.197. The van der Waals surface area contributed by atoms with Gasteiger partial charge in [-0.05, 0) is 30.3 Å². The van der Waals surface area contributed by atoms with Crippen molar-refractivity contribution in [3.63, 3.8) is 0 Å². The first-order valence-electron chi connectivity index (χ1n) is 8.63. The van der Waals surface area contributed by atoms with Gasteiger partial charge in [0.1, 0.15) is 5.75 Å². The summed E-state index contributed by atoms with van der Waals surface area (Å²) in [5, 5.41) is 3.31. The molecule has 2 aromatic rings. The topological polar surface area (TPSA) is 77.1 Å². The minimum absolute atomic E-state index is 0.0874. The summed E-state index contributed by atoms with van der Waals surface area (Å²) in [7, 11) is 4.57. The molecule has 1 fully saturated rings. The molecule has 2 amide bonds. The van der Waals surface area contributed by atoms with E-state index in [1.807, 2.05) is 0 Å². The van der Waals surface area contributed by atoms with Gasteiger partial charge in [0, 0.05) is 29.7 Å². The van der Waals surface area contributed by atoms with Crippen molar-refractivity contribution in [1.29, 1.82) is 0 Å². The van der Waals surface area contributed by atoms with E-state index in [0.717, 1.165) is 0 Å². The molecule has 148 valence electrons. The number of halogens is 1. The Bertz CT molecular complexity index is 902. The van der Waals surface area contributed by atoms with E-state index in [9.17, 15) is 9.59 Å². The number of hydrogen-bond acceptors (Lipinski definition) is 5. The third-order valence-electron chi connectivity index (χ3n) is 4.55. The summed E-state index contributed by atoms with van der Waals surface area (Å²) in [5.74, 6) is 1.10. The van der Waals surface area contributed by atoms with Gasteiger partial charge >= 0.3 is 0 Å². The lowest BCUT2D eigenvalue weighted by Gasteiger charge is -2.19. The van der Waals surface area contributed by atoms with Crippen LogP contribution < -0.4 is 24.4 Å². The lowest BCUT2D eigenvalue weighted by Crippen LogP contribution is -2.37. The summed E-state index contributed by atoms with van der Waals surface area (Å²) in [5.41, 5.74) is 1.01. The van der Waals surface area contributed by atoms with Gasteiger partial charge in [0.05, 0.1) is 32.9 Å². The zero-order chi connectivity index (χ0) is 20.3. The van der Waals surface area contributed by atoms with Crippen molar-refractivity contribution in [1.82, 2.24) is 5.32 Å². The van der Waals surface area contributed by atoms with Crippen molar-refractivity contribution in [2.24, 2.45) is 0 Å². The summed E-state index contributed by atoms with van der Waals surface area (Å²) < 4.78 is 15.7. The van der Waals surface area contributed by atoms with E-state index in [1.54, 1.807) is 48.4 Å². The predicted octanol–water partition coefficient (Wildman–Crippen LogP) is 2.90. The molecule has 0 bridgehead atoms. The van der Waals surface area contributed by atoms with E-state index in [2.05, 4.69) is 5.32 Å². The molecule has 0 spiro atoms. The Morgan fingerprint density at radius 1 is 1.04 bits per heavy atom. The number of nitrogens with one attached hydrogen (secondary N) is 1. The maximum Gasteiger partial charge on any atom is 0.255 e. The monoisotopic (exact) mass is 404 g/mol. The molecule has 0 radical (unpaired) electrons. The predicted molar refractivity (Wildman–Crippen MR) is 106 cm³/mol. The maximum atomic E-state index is 12.7. The van der Waals surface area contributed by atoms with E-state index in [0.29, 0.717) is 40.1 Å². The number of amides is 2. The van der Waals surface area contributed by atoms with Crippen molar-refractivity contribution in [2.45, 2.75) is 12.5 Å². The van der Waals surface area contributed by atoms with Gasteiger partial charge in [0.15, 0.2) is 11.5 Å². The standard InChI is InChI=1S/C20H21ClN2O5/c1-26-16-6-4-12(21)8-15(16)20(25)22-13-9-19(24)23(11-13)14-5-7-17(27-2)18(10-14)28-3/h4-8,10,13H,9,11H2,1-3H3,(H,22,25). The second kappa shape index (κ2) is 8.39. The number of anilines is 1. The van der Waals surface area contributed by atoms with E-state index in [-0.39, 0.29) is 24.3 Å². The fraction of sp³-hybridized carbons (Fsp3) is 0.300. The van der Waals surface area contributed by atoms with E-state index in [4.69, 9.17) is 25.8 Å². The smallest absolute Gasteiger partial charge is 0.255 e. The lowest BCUT2D eigenvalue weighted by atomic mass is 10.1. The van der Waals surface area contributed by atoms with Gasteiger partial charge in [-0.3, -0.25) is 9.59 Å². The number of methoxy groups -OCH3 is 3. The van der Waals surface area contributed by atoms with Gasteiger partial charge in [0.2, 0.25) is 5.91 Å². The lowest BCUT2D eigenvalue weighted by molar-refractivity contribution is -0.117. The average molecular weight is 405 g/mol. The minimum Gasteiger partial charge on any atom is -0.496 e. The number of nitrogens with zero attached hydrogens (tertiary/aromatic N) is 1. The van der Waals surface area contributed by atoms with Crippen LogP contribution >= 0.6 is 11.6 Å². The van der Waals surface area contributed by atoms with Gasteiger partial charge in [-0.1, -0.05) is 11.6 Å². The highest BCUT2D eigenvalue weighted by Crippen LogP contribution is 2.33. The van der Waals surface area contributed by atoms with Gasteiger partial charge in [-0.25, -0.2) is 0 Å². The number of rotatable bonds is 6. The zero-order valence-corrected chi connectivity index (χ0v) is 16.6. The normalized spacial score (nSPS) is 16.1. The Balaban J connectivity index is 1.75. The van der Waals surface area contributed by atoms with Crippen molar-refractivity contribution in [3.8, 4) is 17.2 Å². The molecule has 1 saturated heterocycles. The first-order chi connectivity index (χ1) is 13.5. The van der Waals surface area contributed by atoms with Crippen LogP contribution in [0.4, 0.5) is 5.69 Å². The summed E-state index contributed by atoms with van der Waals surface area (Å²) in [6.45, 7) is 0.350. The van der Waals surface area contributed by atoms with E-state index < -0.39 is 0 Å². The van der Waals surface area contributed by atoms with E-state index in [1.165, 1.54) is 14.2 Å². The molecule has 1 heterocycles. The van der Waals surface area contributed by atoms with Crippen molar-refractivity contribution < 1.29 is 23.8 Å². The molecule has 7 nitrogen and oxygen atoms in total. The summed E-state index contributed by atoms with van der Waals surface area (Å²) in [4.78, 5) is 26.8. The largest absolute Gasteiger partial charge is 0.496 e. The molecule has 3 rings (SSSR count). The van der Waals surface area contributed by atoms with Crippen molar-refractivity contribution in [2.75, 3.05) is 32.8 Å². The Labute approximate surface area is 168 Å². The van der Waals surface area contributed by atoms with Crippen LogP contribution in [-0.2, 0) is 4.79 Å². The van der Waals surface area contributed by atoms with Crippen molar-refractivity contribution in [3.05, 3.63) is 47.0 Å². The van der Waals surface area contributed by atoms with Gasteiger partial charge in [0.25, 0.3) is 5.91 Å². The molecule has 1 N–H and O–H groups in total. The SMILES string of the molecule is COc1ccc(N2CC(NC(=O)c3cc(Cl)ccc3OC)CC2=O)cc1OC. The molecule has 28 heavy (non-hydrogen) atoms. The number of carbonyl (C=O) groups is 2. The van der Waals surface area contributed by atoms with E-state index >= 15 is 0 Å². The Kier molecular flexibility index (Phi) is 5.94. The molecule has 1 aliphatic rings. The van der Waals surface area contributed by atoms with Gasteiger partial charge in [-0.2, -0.15) is 0 Å². The zero-order valence-electron chi connectivity index (χ0n) is 15.8. The minimum atomic E-state index is -0.341. The number of ether oxygens (including phenoxy) is 3. The van der Waals surface area contributed by atoms with Crippen LogP contribution in [0.25, 0.3) is 0 Å². The molecule has 2 aromatic carbocycles. The quantitative estimate of drug-likeness (QED) is 0.801. The molecular weight excluding hydrogens is 384 g/mol. The third kappa shape index (κ3) is 3.99. The van der Waals surface area contributed by atoms with Crippen LogP contribution in [-0.4, -0.2) is 45.7 Å². The van der Waals surface area contributed by atoms with Crippen LogP contribution in [0.3, 0.4) is 0 Å². The van der Waals surface area contributed by atoms with Crippen LogP contribution in [0.15, 0.2) is 36.4 Å². The molecule has 0 saturated carbocycles.